The monoisotopic (exact) mass is 98.1 g/mol. The van der Waals surface area contributed by atoms with E-state index in [0.29, 0.717) is 0 Å². The van der Waals surface area contributed by atoms with Crippen molar-refractivity contribution in [2.45, 2.75) is 13.8 Å². The highest BCUT2D eigenvalue weighted by molar-refractivity contribution is 5.98. The molecule has 0 aliphatic carbocycles. The van der Waals surface area contributed by atoms with Gasteiger partial charge in [0.2, 0.25) is 0 Å². The molecule has 0 fully saturated rings. The summed E-state index contributed by atoms with van der Waals surface area (Å²) >= 11 is 0. The first-order valence-electron chi connectivity index (χ1n) is 2.39. The predicted octanol–water partition coefficient (Wildman–Crippen LogP) is 0.517. The molecule has 0 spiro atoms. The minimum Gasteiger partial charge on any atom is -0.441 e. The largest absolute Gasteiger partial charge is 0.441 e. The van der Waals surface area contributed by atoms with Crippen molar-refractivity contribution in [3.63, 3.8) is 0 Å². The van der Waals surface area contributed by atoms with E-state index in [0.717, 1.165) is 6.61 Å². The summed E-state index contributed by atoms with van der Waals surface area (Å²) in [5.74, 6) is 0. The van der Waals surface area contributed by atoms with E-state index in [1.54, 1.807) is 8.05 Å². The Kier molecular flexibility index (Phi) is 3.81. The van der Waals surface area contributed by atoms with E-state index >= 15 is 0 Å². The van der Waals surface area contributed by atoms with Crippen LogP contribution in [0, 0.1) is 0 Å². The lowest BCUT2D eigenvalue weighted by atomic mass is 10.3. The van der Waals surface area contributed by atoms with Crippen LogP contribution in [0.15, 0.2) is 11.6 Å². The fourth-order valence-corrected chi connectivity index (χ4v) is 0.250. The van der Waals surface area contributed by atoms with Gasteiger partial charge >= 0.3 is 0 Å². The van der Waals surface area contributed by atoms with Crippen molar-refractivity contribution < 1.29 is 4.65 Å². The maximum absolute atomic E-state index is 4.78. The van der Waals surface area contributed by atoms with Gasteiger partial charge in [-0.05, 0) is 13.8 Å². The van der Waals surface area contributed by atoms with Crippen molar-refractivity contribution in [1.82, 2.24) is 0 Å². The molecule has 0 aliphatic heterocycles. The normalized spacial score (nSPS) is 8.29. The van der Waals surface area contributed by atoms with Crippen LogP contribution in [-0.2, 0) is 4.65 Å². The van der Waals surface area contributed by atoms with Gasteiger partial charge in [0, 0.05) is 6.61 Å². The molecule has 0 unspecified atom stereocenters. The Morgan fingerprint density at radius 1 is 1.71 bits per heavy atom. The number of hydrogen-bond donors (Lipinski definition) is 0. The van der Waals surface area contributed by atoms with Crippen LogP contribution in [0.25, 0.3) is 0 Å². The van der Waals surface area contributed by atoms with Gasteiger partial charge in [0.15, 0.2) is 0 Å². The van der Waals surface area contributed by atoms with Crippen molar-refractivity contribution in [3.8, 4) is 0 Å². The molecular weight excluding hydrogens is 86.9 g/mol. The third-order valence-corrected chi connectivity index (χ3v) is 0.658. The van der Waals surface area contributed by atoms with Gasteiger partial charge in [-0.3, -0.25) is 0 Å². The summed E-state index contributed by atoms with van der Waals surface area (Å²) in [7, 11) is 1.69. The van der Waals surface area contributed by atoms with Crippen LogP contribution in [-0.4, -0.2) is 14.7 Å². The van der Waals surface area contributed by atoms with Crippen LogP contribution >= 0.6 is 0 Å². The Bertz CT molecular complexity index is 64.5. The molecule has 0 N–H and O–H groups in total. The Morgan fingerprint density at radius 3 is 2.43 bits per heavy atom. The molecule has 0 saturated heterocycles. The molecule has 1 nitrogen and oxygen atoms in total. The Hall–Kier alpha value is -0.235. The highest BCUT2D eigenvalue weighted by Gasteiger charge is 1.72. The zero-order valence-electron chi connectivity index (χ0n) is 5.19. The van der Waals surface area contributed by atoms with E-state index in [4.69, 9.17) is 4.65 Å². The fourth-order valence-electron chi connectivity index (χ4n) is 0.250. The van der Waals surface area contributed by atoms with Crippen molar-refractivity contribution in [1.29, 1.82) is 0 Å². The molecule has 0 aromatic carbocycles. The lowest BCUT2D eigenvalue weighted by Crippen LogP contribution is -1.82. The summed E-state index contributed by atoms with van der Waals surface area (Å²) in [5.41, 5.74) is 1.31. The van der Waals surface area contributed by atoms with E-state index in [1.165, 1.54) is 5.57 Å². The molecular formula is C5H11BO. The number of allylic oxidation sites excluding steroid dienone is 1. The minimum atomic E-state index is 0.738. The van der Waals surface area contributed by atoms with Gasteiger partial charge in [-0.25, -0.2) is 0 Å². The zero-order valence-corrected chi connectivity index (χ0v) is 5.19. The summed E-state index contributed by atoms with van der Waals surface area (Å²) in [6.07, 6.45) is 2.04. The van der Waals surface area contributed by atoms with Gasteiger partial charge in [0.1, 0.15) is 0 Å². The van der Waals surface area contributed by atoms with Crippen molar-refractivity contribution in [2.75, 3.05) is 6.61 Å². The molecule has 0 atom stereocenters. The first kappa shape index (κ1) is 6.76. The van der Waals surface area contributed by atoms with Gasteiger partial charge < -0.3 is 4.65 Å². The van der Waals surface area contributed by atoms with Crippen molar-refractivity contribution in [2.24, 2.45) is 0 Å². The fraction of sp³-hybridized carbons (Fsp3) is 0.600. The first-order valence-corrected chi connectivity index (χ1v) is 2.39. The third-order valence-electron chi connectivity index (χ3n) is 0.658. The van der Waals surface area contributed by atoms with Gasteiger partial charge in [0.05, 0.1) is 0 Å². The number of rotatable bonds is 2. The van der Waals surface area contributed by atoms with Crippen LogP contribution in [0.2, 0.25) is 0 Å². The molecule has 0 rings (SSSR count). The van der Waals surface area contributed by atoms with Crippen LogP contribution in [0.5, 0.6) is 0 Å². The van der Waals surface area contributed by atoms with E-state index in [2.05, 4.69) is 13.8 Å². The Morgan fingerprint density at radius 2 is 2.29 bits per heavy atom. The van der Waals surface area contributed by atoms with Crippen LogP contribution < -0.4 is 0 Å². The summed E-state index contributed by atoms with van der Waals surface area (Å²) in [4.78, 5) is 0. The van der Waals surface area contributed by atoms with Gasteiger partial charge in [-0.1, -0.05) is 11.6 Å². The second kappa shape index (κ2) is 3.94. The third kappa shape index (κ3) is 5.76. The molecule has 0 bridgehead atoms. The van der Waals surface area contributed by atoms with Crippen molar-refractivity contribution in [3.05, 3.63) is 11.6 Å². The molecule has 2 heteroatoms. The van der Waals surface area contributed by atoms with Gasteiger partial charge in [-0.2, -0.15) is 0 Å². The second-order valence-electron chi connectivity index (χ2n) is 1.74. The summed E-state index contributed by atoms with van der Waals surface area (Å²) in [6.45, 7) is 4.85. The van der Waals surface area contributed by atoms with Gasteiger partial charge in [-0.15, -0.1) is 0 Å². The first-order chi connectivity index (χ1) is 3.27. The van der Waals surface area contributed by atoms with Crippen LogP contribution in [0.3, 0.4) is 0 Å². The van der Waals surface area contributed by atoms with Crippen LogP contribution in [0.1, 0.15) is 13.8 Å². The maximum atomic E-state index is 4.78. The Balaban J connectivity index is 3.08. The number of hydrogen-bond acceptors (Lipinski definition) is 1. The molecule has 0 aromatic heterocycles. The van der Waals surface area contributed by atoms with E-state index < -0.39 is 0 Å². The summed E-state index contributed by atoms with van der Waals surface area (Å²) < 4.78 is 4.78. The molecule has 0 radical (unpaired) electrons. The maximum Gasteiger partial charge on any atom is 0.257 e. The molecule has 40 valence electrons. The summed E-state index contributed by atoms with van der Waals surface area (Å²) in [5, 5.41) is 0. The van der Waals surface area contributed by atoms with Crippen molar-refractivity contribution >= 4 is 8.05 Å². The lowest BCUT2D eigenvalue weighted by molar-refractivity contribution is 0.400. The smallest absolute Gasteiger partial charge is 0.257 e. The highest BCUT2D eigenvalue weighted by atomic mass is 16.4. The van der Waals surface area contributed by atoms with E-state index in [-0.39, 0.29) is 0 Å². The highest BCUT2D eigenvalue weighted by Crippen LogP contribution is 1.85. The molecule has 0 aromatic rings. The Labute approximate surface area is 45.8 Å². The minimum absolute atomic E-state index is 0.738. The molecule has 7 heavy (non-hydrogen) atoms. The predicted molar refractivity (Wildman–Crippen MR) is 33.9 cm³/mol. The molecule has 0 heterocycles. The standard InChI is InChI=1S/C5H11BO/c1-5(2)3-4-7-6/h3H,4,6H2,1-2H3. The second-order valence-corrected chi connectivity index (χ2v) is 1.74. The average Bonchev–Trinajstić information content (AvgIpc) is 1.61. The molecule has 0 amide bonds. The summed E-state index contributed by atoms with van der Waals surface area (Å²) in [6, 6.07) is 0. The molecule has 0 saturated carbocycles. The lowest BCUT2D eigenvalue weighted by Gasteiger charge is -1.88. The van der Waals surface area contributed by atoms with Crippen LogP contribution in [0.4, 0.5) is 0 Å². The average molecular weight is 98.0 g/mol. The molecule has 0 aliphatic rings. The van der Waals surface area contributed by atoms with E-state index in [1.807, 2.05) is 6.08 Å². The van der Waals surface area contributed by atoms with E-state index in [9.17, 15) is 0 Å². The quantitative estimate of drug-likeness (QED) is 0.361. The zero-order chi connectivity index (χ0) is 5.70. The van der Waals surface area contributed by atoms with Gasteiger partial charge in [0.25, 0.3) is 8.05 Å². The SMILES string of the molecule is BOCC=C(C)C. The topological polar surface area (TPSA) is 9.23 Å².